The first-order chi connectivity index (χ1) is 20.8. The molecule has 1 aromatic heterocycles. The summed E-state index contributed by atoms with van der Waals surface area (Å²) in [5, 5.41) is 0.891. The first-order valence-corrected chi connectivity index (χ1v) is 14.6. The number of imide groups is 1. The second kappa shape index (κ2) is 13.6. The lowest BCUT2D eigenvalue weighted by atomic mass is 10.1. The fraction of sp³-hybridized carbons (Fsp3) is 0.455. The van der Waals surface area contributed by atoms with Gasteiger partial charge in [-0.3, -0.25) is 24.1 Å². The zero-order chi connectivity index (χ0) is 32.2. The van der Waals surface area contributed by atoms with Crippen LogP contribution in [0, 0.1) is 5.92 Å². The molecule has 11 heteroatoms. The molecule has 1 unspecified atom stereocenters. The highest BCUT2D eigenvalue weighted by molar-refractivity contribution is 6.21. The molecule has 0 spiro atoms. The van der Waals surface area contributed by atoms with Crippen molar-refractivity contribution in [3.8, 4) is 5.75 Å². The van der Waals surface area contributed by atoms with E-state index in [1.54, 1.807) is 45.2 Å². The SMILES string of the molecule is COc1ccc2c(c1)c(CCN1C(=O)c3ccccc3C1=O)cn2C(CC(C)C)OOC(C)(C)CC(OC(C)=O)OC(C)=O. The van der Waals surface area contributed by atoms with Crippen LogP contribution in [0.15, 0.2) is 48.7 Å². The van der Waals surface area contributed by atoms with Crippen LogP contribution in [-0.2, 0) is 35.3 Å². The summed E-state index contributed by atoms with van der Waals surface area (Å²) in [7, 11) is 1.59. The highest BCUT2D eigenvalue weighted by Gasteiger charge is 2.35. The molecule has 1 atom stereocenters. The number of methoxy groups -OCH3 is 1. The number of rotatable bonds is 14. The molecule has 236 valence electrons. The Kier molecular flexibility index (Phi) is 10.1. The number of nitrogens with zero attached hydrogens (tertiary/aromatic N) is 2. The molecular weight excluding hydrogens is 568 g/mol. The first kappa shape index (κ1) is 32.7. The smallest absolute Gasteiger partial charge is 0.305 e. The fourth-order valence-electron chi connectivity index (χ4n) is 5.24. The maximum Gasteiger partial charge on any atom is 0.305 e. The summed E-state index contributed by atoms with van der Waals surface area (Å²) >= 11 is 0. The van der Waals surface area contributed by atoms with Gasteiger partial charge in [-0.2, -0.15) is 0 Å². The number of fused-ring (bicyclic) bond motifs is 2. The van der Waals surface area contributed by atoms with Crippen molar-refractivity contribution >= 4 is 34.7 Å². The predicted octanol–water partition coefficient (Wildman–Crippen LogP) is 5.60. The predicted molar refractivity (Wildman–Crippen MR) is 161 cm³/mol. The molecule has 0 aliphatic carbocycles. The number of ether oxygens (including phenoxy) is 3. The number of esters is 2. The van der Waals surface area contributed by atoms with Crippen LogP contribution in [-0.4, -0.2) is 58.8 Å². The van der Waals surface area contributed by atoms with Crippen LogP contribution in [0.2, 0.25) is 0 Å². The van der Waals surface area contributed by atoms with Crippen molar-refractivity contribution < 1.29 is 43.2 Å². The second-order valence-electron chi connectivity index (χ2n) is 11.9. The average molecular weight is 609 g/mol. The number of hydrogen-bond acceptors (Lipinski definition) is 9. The summed E-state index contributed by atoms with van der Waals surface area (Å²) in [6, 6.07) is 12.5. The van der Waals surface area contributed by atoms with Gasteiger partial charge in [-0.1, -0.05) is 26.0 Å². The molecule has 2 amide bonds. The summed E-state index contributed by atoms with van der Waals surface area (Å²) in [5.74, 6) is -0.895. The van der Waals surface area contributed by atoms with Crippen LogP contribution in [0.25, 0.3) is 10.9 Å². The van der Waals surface area contributed by atoms with Crippen molar-refractivity contribution in [2.75, 3.05) is 13.7 Å². The van der Waals surface area contributed by atoms with Gasteiger partial charge in [-0.25, -0.2) is 9.78 Å². The molecule has 0 bridgehead atoms. The number of aromatic nitrogens is 1. The first-order valence-electron chi connectivity index (χ1n) is 14.6. The van der Waals surface area contributed by atoms with E-state index in [1.807, 2.05) is 29.0 Å². The third kappa shape index (κ3) is 7.64. The molecule has 4 rings (SSSR count). The van der Waals surface area contributed by atoms with Crippen LogP contribution < -0.4 is 4.74 Å². The maximum atomic E-state index is 13.0. The standard InChI is InChI=1S/C33H40N2O9/c1-20(2)16-29(43-44-33(5,6)18-30(41-21(3)36)42-22(4)37)35-19-23(27-17-24(40-7)12-13-28(27)35)14-15-34-31(38)25-10-8-9-11-26(25)32(34)39/h8-13,17,19-20,29-30H,14-16,18H2,1-7H3. The Morgan fingerprint density at radius 2 is 1.55 bits per heavy atom. The number of carbonyl (C=O) groups excluding carboxylic acids is 4. The normalized spacial score (nSPS) is 14.0. The minimum Gasteiger partial charge on any atom is -0.497 e. The van der Waals surface area contributed by atoms with Crippen LogP contribution in [0.1, 0.15) is 86.9 Å². The van der Waals surface area contributed by atoms with Gasteiger partial charge in [-0.05, 0) is 68.5 Å². The third-order valence-corrected chi connectivity index (χ3v) is 7.23. The average Bonchev–Trinajstić information content (AvgIpc) is 3.42. The van der Waals surface area contributed by atoms with E-state index >= 15 is 0 Å². The Morgan fingerprint density at radius 3 is 2.09 bits per heavy atom. The van der Waals surface area contributed by atoms with Gasteiger partial charge in [0.25, 0.3) is 11.8 Å². The molecule has 0 saturated heterocycles. The summed E-state index contributed by atoms with van der Waals surface area (Å²) in [5.41, 5.74) is 1.57. The van der Waals surface area contributed by atoms with Crippen molar-refractivity contribution in [1.29, 1.82) is 0 Å². The molecule has 1 aliphatic rings. The molecule has 2 aromatic carbocycles. The minimum atomic E-state index is -1.14. The Balaban J connectivity index is 1.59. The maximum absolute atomic E-state index is 13.0. The molecule has 44 heavy (non-hydrogen) atoms. The fourth-order valence-corrected chi connectivity index (χ4v) is 5.24. The molecule has 0 fully saturated rings. The molecule has 1 aliphatic heterocycles. The van der Waals surface area contributed by atoms with Gasteiger partial charge in [0.05, 0.1) is 30.2 Å². The Labute approximate surface area is 256 Å². The van der Waals surface area contributed by atoms with E-state index in [-0.39, 0.29) is 30.7 Å². The largest absolute Gasteiger partial charge is 0.497 e. The van der Waals surface area contributed by atoms with Crippen molar-refractivity contribution in [1.82, 2.24) is 9.47 Å². The van der Waals surface area contributed by atoms with Gasteiger partial charge in [0.1, 0.15) is 11.4 Å². The quantitative estimate of drug-likeness (QED) is 0.0756. The van der Waals surface area contributed by atoms with Gasteiger partial charge < -0.3 is 18.8 Å². The zero-order valence-corrected chi connectivity index (χ0v) is 26.2. The highest BCUT2D eigenvalue weighted by atomic mass is 17.2. The van der Waals surface area contributed by atoms with Crippen molar-refractivity contribution in [3.63, 3.8) is 0 Å². The van der Waals surface area contributed by atoms with Crippen LogP contribution in [0.3, 0.4) is 0 Å². The highest BCUT2D eigenvalue weighted by Crippen LogP contribution is 2.34. The van der Waals surface area contributed by atoms with E-state index < -0.39 is 30.1 Å². The van der Waals surface area contributed by atoms with Crippen LogP contribution >= 0.6 is 0 Å². The topological polar surface area (TPSA) is 123 Å². The van der Waals surface area contributed by atoms with Gasteiger partial charge in [0.15, 0.2) is 6.23 Å². The van der Waals surface area contributed by atoms with E-state index in [0.29, 0.717) is 29.7 Å². The number of amides is 2. The third-order valence-electron chi connectivity index (χ3n) is 7.23. The van der Waals surface area contributed by atoms with Crippen LogP contribution in [0.4, 0.5) is 0 Å². The Bertz CT molecular complexity index is 1490. The molecule has 0 saturated carbocycles. The lowest BCUT2D eigenvalue weighted by Crippen LogP contribution is -2.35. The van der Waals surface area contributed by atoms with Gasteiger partial charge in [-0.15, -0.1) is 0 Å². The van der Waals surface area contributed by atoms with Crippen molar-refractivity contribution in [3.05, 3.63) is 65.4 Å². The molecule has 3 aromatic rings. The zero-order valence-electron chi connectivity index (χ0n) is 26.2. The summed E-state index contributed by atoms with van der Waals surface area (Å²) in [6.45, 7) is 10.3. The molecule has 0 radical (unpaired) electrons. The van der Waals surface area contributed by atoms with Gasteiger partial charge >= 0.3 is 11.9 Å². The Morgan fingerprint density at radius 1 is 0.932 bits per heavy atom. The number of benzene rings is 2. The summed E-state index contributed by atoms with van der Waals surface area (Å²) < 4.78 is 17.8. The monoisotopic (exact) mass is 608 g/mol. The molecule has 2 heterocycles. The number of hydrogen-bond donors (Lipinski definition) is 0. The van der Waals surface area contributed by atoms with E-state index in [0.717, 1.165) is 16.5 Å². The van der Waals surface area contributed by atoms with Gasteiger partial charge in [0.2, 0.25) is 6.29 Å². The molecule has 11 nitrogen and oxygen atoms in total. The number of carbonyl (C=O) groups is 4. The second-order valence-corrected chi connectivity index (χ2v) is 11.9. The molecular formula is C33H40N2O9. The van der Waals surface area contributed by atoms with Crippen LogP contribution in [0.5, 0.6) is 5.75 Å². The molecule has 0 N–H and O–H groups in total. The van der Waals surface area contributed by atoms with E-state index in [2.05, 4.69) is 13.8 Å². The lowest BCUT2D eigenvalue weighted by molar-refractivity contribution is -0.399. The van der Waals surface area contributed by atoms with E-state index in [9.17, 15) is 19.2 Å². The van der Waals surface area contributed by atoms with Crippen molar-refractivity contribution in [2.45, 2.75) is 78.9 Å². The minimum absolute atomic E-state index is 0.0374. The van der Waals surface area contributed by atoms with Gasteiger partial charge in [0, 0.05) is 32.0 Å². The Hall–Kier alpha value is -4.22. The lowest BCUT2D eigenvalue weighted by Gasteiger charge is -2.30. The van der Waals surface area contributed by atoms with E-state index in [4.69, 9.17) is 24.0 Å². The summed E-state index contributed by atoms with van der Waals surface area (Å²) in [6.07, 6.45) is 1.28. The summed E-state index contributed by atoms with van der Waals surface area (Å²) in [4.78, 5) is 62.4. The van der Waals surface area contributed by atoms with Crippen molar-refractivity contribution in [2.24, 2.45) is 5.92 Å². The van der Waals surface area contributed by atoms with E-state index in [1.165, 1.54) is 18.7 Å².